The van der Waals surface area contributed by atoms with Gasteiger partial charge in [-0.3, -0.25) is 4.79 Å². The Morgan fingerprint density at radius 3 is 2.34 bits per heavy atom. The number of carbonyl (C=O) groups is 1. The van der Waals surface area contributed by atoms with E-state index < -0.39 is 10.0 Å². The molecule has 4 aliphatic rings. The van der Waals surface area contributed by atoms with Gasteiger partial charge in [-0.2, -0.15) is 4.31 Å². The number of nitrogens with two attached hydrogens (primary N) is 1. The van der Waals surface area contributed by atoms with Gasteiger partial charge in [0, 0.05) is 36.2 Å². The van der Waals surface area contributed by atoms with Crippen LogP contribution in [-0.4, -0.2) is 53.2 Å². The van der Waals surface area contributed by atoms with E-state index in [1.165, 1.54) is 0 Å². The Hall–Kier alpha value is -1.45. The van der Waals surface area contributed by atoms with Crippen molar-refractivity contribution in [2.75, 3.05) is 0 Å². The smallest absolute Gasteiger partial charge is 0.273 e. The quantitative estimate of drug-likeness (QED) is 0.748. The minimum absolute atomic E-state index is 0.0148. The predicted octanol–water partition coefficient (Wildman–Crippen LogP) is 1.88. The topological polar surface area (TPSA) is 119 Å². The van der Waals surface area contributed by atoms with Crippen molar-refractivity contribution >= 4 is 15.9 Å². The molecule has 0 unspecified atom stereocenters. The van der Waals surface area contributed by atoms with Gasteiger partial charge < -0.3 is 15.6 Å². The first kappa shape index (κ1) is 19.5. The Labute approximate surface area is 171 Å². The van der Waals surface area contributed by atoms with Gasteiger partial charge in [0.1, 0.15) is 5.76 Å². The molecule has 0 spiro atoms. The second-order valence-corrected chi connectivity index (χ2v) is 11.4. The Kier molecular flexibility index (Phi) is 4.95. The summed E-state index contributed by atoms with van der Waals surface area (Å²) in [5.41, 5.74) is 6.29. The molecule has 2 aliphatic heterocycles. The number of piperidine rings is 1. The standard InChI is InChI=1S/C20H30N4O4S/c21-13-3-7-17(8-4-13)29(26,27)24-15-5-6-16(24)10-14(9-15)22-20(25)18-11-19(28-23-18)12-1-2-12/h11-17H,1-10,21H2,(H,22,25)/t13?,14-,15-,16+,17?. The molecule has 5 rings (SSSR count). The number of carbonyl (C=O) groups excluding carboxylic acids is 1. The lowest BCUT2D eigenvalue weighted by Crippen LogP contribution is -2.55. The lowest BCUT2D eigenvalue weighted by atomic mass is 9.96. The largest absolute Gasteiger partial charge is 0.360 e. The van der Waals surface area contributed by atoms with Gasteiger partial charge in [0.15, 0.2) is 5.69 Å². The van der Waals surface area contributed by atoms with Crippen LogP contribution in [0.4, 0.5) is 0 Å². The van der Waals surface area contributed by atoms with Gasteiger partial charge in [-0.15, -0.1) is 0 Å². The first-order chi connectivity index (χ1) is 13.9. The Morgan fingerprint density at radius 2 is 1.72 bits per heavy atom. The second-order valence-electron chi connectivity index (χ2n) is 9.33. The Balaban J connectivity index is 1.23. The molecule has 0 aromatic carbocycles. The van der Waals surface area contributed by atoms with Crippen molar-refractivity contribution in [3.05, 3.63) is 17.5 Å². The van der Waals surface area contributed by atoms with Crippen LogP contribution < -0.4 is 11.1 Å². The van der Waals surface area contributed by atoms with Crippen molar-refractivity contribution < 1.29 is 17.7 Å². The van der Waals surface area contributed by atoms with E-state index in [4.69, 9.17) is 10.3 Å². The lowest BCUT2D eigenvalue weighted by Gasteiger charge is -2.40. The van der Waals surface area contributed by atoms with E-state index in [-0.39, 0.29) is 35.3 Å². The van der Waals surface area contributed by atoms with Crippen molar-refractivity contribution in [1.82, 2.24) is 14.8 Å². The number of aromatic nitrogens is 1. The highest BCUT2D eigenvalue weighted by molar-refractivity contribution is 7.89. The summed E-state index contributed by atoms with van der Waals surface area (Å²) >= 11 is 0. The maximum absolute atomic E-state index is 13.3. The number of hydrogen-bond acceptors (Lipinski definition) is 6. The van der Waals surface area contributed by atoms with Crippen molar-refractivity contribution in [1.29, 1.82) is 0 Å². The molecule has 1 aromatic rings. The summed E-state index contributed by atoms with van der Waals surface area (Å²) in [6.07, 6.45) is 8.17. The molecule has 8 nitrogen and oxygen atoms in total. The molecule has 9 heteroatoms. The molecule has 2 saturated heterocycles. The molecule has 3 atom stereocenters. The molecule has 0 radical (unpaired) electrons. The van der Waals surface area contributed by atoms with Crippen LogP contribution in [0.25, 0.3) is 0 Å². The predicted molar refractivity (Wildman–Crippen MR) is 107 cm³/mol. The van der Waals surface area contributed by atoms with E-state index in [1.807, 2.05) is 0 Å². The van der Waals surface area contributed by atoms with Crippen LogP contribution in [0.15, 0.2) is 10.6 Å². The number of nitrogens with zero attached hydrogens (tertiary/aromatic N) is 2. The number of amides is 1. The fourth-order valence-corrected chi connectivity index (χ4v) is 7.87. The van der Waals surface area contributed by atoms with Gasteiger partial charge in [-0.25, -0.2) is 8.42 Å². The summed E-state index contributed by atoms with van der Waals surface area (Å²) < 4.78 is 33.7. The lowest BCUT2D eigenvalue weighted by molar-refractivity contribution is 0.0899. The van der Waals surface area contributed by atoms with E-state index in [0.29, 0.717) is 37.3 Å². The van der Waals surface area contributed by atoms with Gasteiger partial charge in [-0.05, 0) is 64.2 Å². The van der Waals surface area contributed by atoms with Gasteiger partial charge >= 0.3 is 0 Å². The summed E-state index contributed by atoms with van der Waals surface area (Å²) in [5.74, 6) is 0.994. The van der Waals surface area contributed by atoms with Crippen molar-refractivity contribution in [3.63, 3.8) is 0 Å². The monoisotopic (exact) mass is 422 g/mol. The molecule has 4 fully saturated rings. The summed E-state index contributed by atoms with van der Waals surface area (Å²) in [5, 5.41) is 6.68. The summed E-state index contributed by atoms with van der Waals surface area (Å²) in [6.45, 7) is 0. The minimum Gasteiger partial charge on any atom is -0.360 e. The van der Waals surface area contributed by atoms with Crippen LogP contribution >= 0.6 is 0 Å². The fourth-order valence-electron chi connectivity index (χ4n) is 5.44. The average molecular weight is 423 g/mol. The second kappa shape index (κ2) is 7.35. The van der Waals surface area contributed by atoms with Crippen LogP contribution in [0.2, 0.25) is 0 Å². The maximum Gasteiger partial charge on any atom is 0.273 e. The normalized spacial score (nSPS) is 35.6. The zero-order valence-corrected chi connectivity index (χ0v) is 17.4. The molecule has 1 amide bonds. The van der Waals surface area contributed by atoms with Crippen molar-refractivity contribution in [2.45, 2.75) is 99.5 Å². The van der Waals surface area contributed by atoms with E-state index in [0.717, 1.165) is 44.3 Å². The SMILES string of the molecule is NC1CCC(S(=O)(=O)N2[C@@H]3CC[C@H]2C[C@H](NC(=O)c2cc(C4CC4)on2)C3)CC1. The zero-order chi connectivity index (χ0) is 20.2. The molecular formula is C20H30N4O4S. The molecule has 2 aliphatic carbocycles. The van der Waals surface area contributed by atoms with Crippen LogP contribution in [-0.2, 0) is 10.0 Å². The molecule has 1 aromatic heterocycles. The highest BCUT2D eigenvalue weighted by atomic mass is 32.2. The van der Waals surface area contributed by atoms with E-state index in [2.05, 4.69) is 10.5 Å². The van der Waals surface area contributed by atoms with Crippen molar-refractivity contribution in [3.8, 4) is 0 Å². The number of rotatable bonds is 5. The number of hydrogen-bond donors (Lipinski definition) is 2. The van der Waals surface area contributed by atoms with Crippen LogP contribution in [0.1, 0.15) is 86.4 Å². The van der Waals surface area contributed by atoms with Gasteiger partial charge in [0.05, 0.1) is 5.25 Å². The number of fused-ring (bicyclic) bond motifs is 2. The summed E-state index contributed by atoms with van der Waals surface area (Å²) in [6, 6.07) is 1.83. The molecule has 2 saturated carbocycles. The van der Waals surface area contributed by atoms with Crippen molar-refractivity contribution in [2.24, 2.45) is 5.73 Å². The van der Waals surface area contributed by atoms with Gasteiger partial charge in [-0.1, -0.05) is 5.16 Å². The molecular weight excluding hydrogens is 392 g/mol. The molecule has 29 heavy (non-hydrogen) atoms. The van der Waals surface area contributed by atoms with E-state index in [9.17, 15) is 13.2 Å². The third-order valence-corrected chi connectivity index (χ3v) is 9.67. The molecule has 3 heterocycles. The van der Waals surface area contributed by atoms with Crippen LogP contribution in [0.5, 0.6) is 0 Å². The third kappa shape index (κ3) is 3.72. The Morgan fingerprint density at radius 1 is 1.07 bits per heavy atom. The average Bonchev–Trinajstić information content (AvgIpc) is 3.34. The first-order valence-corrected chi connectivity index (χ1v) is 12.5. The highest BCUT2D eigenvalue weighted by Crippen LogP contribution is 2.41. The minimum atomic E-state index is -3.31. The summed E-state index contributed by atoms with van der Waals surface area (Å²) in [7, 11) is -3.31. The fraction of sp³-hybridized carbons (Fsp3) is 0.800. The summed E-state index contributed by atoms with van der Waals surface area (Å²) in [4.78, 5) is 12.6. The molecule has 2 bridgehead atoms. The number of sulfonamides is 1. The van der Waals surface area contributed by atoms with E-state index in [1.54, 1.807) is 10.4 Å². The Bertz CT molecular complexity index is 859. The molecule has 160 valence electrons. The third-order valence-electron chi connectivity index (χ3n) is 7.18. The number of nitrogens with one attached hydrogen (secondary N) is 1. The first-order valence-electron chi connectivity index (χ1n) is 11.0. The zero-order valence-electron chi connectivity index (χ0n) is 16.6. The maximum atomic E-state index is 13.3. The van der Waals surface area contributed by atoms with Crippen LogP contribution in [0.3, 0.4) is 0 Å². The molecule has 3 N–H and O–H groups in total. The highest BCUT2D eigenvalue weighted by Gasteiger charge is 2.49. The van der Waals surface area contributed by atoms with Gasteiger partial charge in [0.25, 0.3) is 5.91 Å². The van der Waals surface area contributed by atoms with Gasteiger partial charge in [0.2, 0.25) is 10.0 Å². The van der Waals surface area contributed by atoms with E-state index >= 15 is 0 Å². The van der Waals surface area contributed by atoms with Crippen LogP contribution in [0, 0.1) is 0 Å².